The van der Waals surface area contributed by atoms with E-state index >= 15 is 0 Å². The first-order valence-electron chi connectivity index (χ1n) is 7.49. The summed E-state index contributed by atoms with van der Waals surface area (Å²) in [6.07, 6.45) is 0.340. The second-order valence-electron chi connectivity index (χ2n) is 5.90. The first kappa shape index (κ1) is 18.5. The van der Waals surface area contributed by atoms with Crippen molar-refractivity contribution in [2.45, 2.75) is 35.2 Å². The lowest BCUT2D eigenvalue weighted by Crippen LogP contribution is -2.18. The first-order valence-corrected chi connectivity index (χ1v) is 10.1. The summed E-state index contributed by atoms with van der Waals surface area (Å²) in [5.41, 5.74) is 0.980. The Morgan fingerprint density at radius 2 is 1.70 bits per heavy atom. The van der Waals surface area contributed by atoms with Crippen molar-refractivity contribution >= 4 is 49.2 Å². The molecule has 0 aliphatic rings. The molecule has 0 saturated heterocycles. The fourth-order valence-electron chi connectivity index (χ4n) is 2.64. The van der Waals surface area contributed by atoms with Crippen LogP contribution >= 0.6 is 22.6 Å². The van der Waals surface area contributed by atoms with Crippen molar-refractivity contribution in [3.63, 3.8) is 0 Å². The molecule has 0 spiro atoms. The molecule has 0 aromatic heterocycles. The number of nitrogens with zero attached hydrogens (tertiary/aromatic N) is 1. The maximum atomic E-state index is 12.7. The molecule has 2 aromatic carbocycles. The van der Waals surface area contributed by atoms with Gasteiger partial charge in [0.25, 0.3) is 10.1 Å². The zero-order chi connectivity index (χ0) is 17.2. The molecule has 2 rings (SSSR count). The number of fused-ring (bicyclic) bond motifs is 1. The van der Waals surface area contributed by atoms with Crippen molar-refractivity contribution < 1.29 is 12.6 Å². The number of hydrogen-bond acceptors (Lipinski definition) is 4. The maximum absolute atomic E-state index is 12.7. The second-order valence-corrected chi connectivity index (χ2v) is 9.57. The molecule has 2 atom stereocenters. The van der Waals surface area contributed by atoms with Crippen molar-refractivity contribution in [3.05, 3.63) is 36.4 Å². The van der Waals surface area contributed by atoms with E-state index in [0.29, 0.717) is 15.7 Å². The van der Waals surface area contributed by atoms with Gasteiger partial charge in [0, 0.05) is 34.5 Å². The monoisotopic (exact) mass is 447 g/mol. The molecular formula is C17H22INO3S. The Morgan fingerprint density at radius 3 is 2.30 bits per heavy atom. The van der Waals surface area contributed by atoms with Crippen LogP contribution in [0.25, 0.3) is 10.8 Å². The molecule has 0 aliphatic heterocycles. The highest BCUT2D eigenvalue weighted by Gasteiger charge is 2.22. The van der Waals surface area contributed by atoms with Crippen LogP contribution in [0, 0.1) is 0 Å². The zero-order valence-electron chi connectivity index (χ0n) is 13.8. The summed E-state index contributed by atoms with van der Waals surface area (Å²) in [5, 5.41) is 1.59. The van der Waals surface area contributed by atoms with Crippen molar-refractivity contribution in [3.8, 4) is 0 Å². The number of halogens is 1. The minimum absolute atomic E-state index is 0.228. The minimum atomic E-state index is -3.80. The second kappa shape index (κ2) is 7.36. The summed E-state index contributed by atoms with van der Waals surface area (Å²) in [7, 11) is 0.0855. The largest absolute Gasteiger partial charge is 0.377 e. The lowest BCUT2D eigenvalue weighted by Gasteiger charge is -2.18. The number of benzene rings is 2. The van der Waals surface area contributed by atoms with Crippen LogP contribution in [-0.4, -0.2) is 32.5 Å². The average Bonchev–Trinajstić information content (AvgIpc) is 2.44. The molecule has 2 aromatic rings. The quantitative estimate of drug-likeness (QED) is 0.378. The molecule has 0 radical (unpaired) electrons. The molecular weight excluding hydrogens is 425 g/mol. The van der Waals surface area contributed by atoms with Gasteiger partial charge >= 0.3 is 0 Å². The smallest absolute Gasteiger partial charge is 0.297 e. The molecule has 0 amide bonds. The van der Waals surface area contributed by atoms with Gasteiger partial charge in [0.05, 0.1) is 6.10 Å². The van der Waals surface area contributed by atoms with E-state index in [-0.39, 0.29) is 11.0 Å². The van der Waals surface area contributed by atoms with Crippen molar-refractivity contribution in [2.75, 3.05) is 19.0 Å². The standard InChI is InChI=1S/C17H22INO3S/c1-12(18)11-13(2)22-23(20,21)17-10-6-7-14-15(17)8-5-9-16(14)19(3)4/h5-10,12-13H,11H2,1-4H3. The van der Waals surface area contributed by atoms with E-state index < -0.39 is 10.1 Å². The molecule has 0 aliphatic carbocycles. The number of anilines is 1. The van der Waals surface area contributed by atoms with E-state index in [1.54, 1.807) is 19.1 Å². The van der Waals surface area contributed by atoms with E-state index in [0.717, 1.165) is 11.1 Å². The van der Waals surface area contributed by atoms with Crippen LogP contribution in [0.15, 0.2) is 41.3 Å². The Bertz CT molecular complexity index is 788. The SMILES string of the molecule is CC(I)CC(C)OS(=O)(=O)c1cccc2c(N(C)C)cccc12. The van der Waals surface area contributed by atoms with Crippen LogP contribution in [0.3, 0.4) is 0 Å². The minimum Gasteiger partial charge on any atom is -0.377 e. The molecule has 23 heavy (non-hydrogen) atoms. The number of hydrogen-bond donors (Lipinski definition) is 0. The Kier molecular flexibility index (Phi) is 5.91. The van der Waals surface area contributed by atoms with Crippen molar-refractivity contribution in [1.82, 2.24) is 0 Å². The van der Waals surface area contributed by atoms with Crippen LogP contribution in [0.5, 0.6) is 0 Å². The van der Waals surface area contributed by atoms with Gasteiger partial charge in [-0.05, 0) is 25.5 Å². The third-order valence-corrected chi connectivity index (χ3v) is 5.54. The van der Waals surface area contributed by atoms with Gasteiger partial charge in [0.1, 0.15) is 4.90 Å². The Hall–Kier alpha value is -0.860. The Labute approximate surface area is 152 Å². The molecule has 0 heterocycles. The van der Waals surface area contributed by atoms with Gasteiger partial charge in [-0.2, -0.15) is 8.42 Å². The molecule has 2 unspecified atom stereocenters. The molecule has 0 N–H and O–H groups in total. The van der Waals surface area contributed by atoms with E-state index in [2.05, 4.69) is 22.6 Å². The lowest BCUT2D eigenvalue weighted by molar-refractivity contribution is 0.220. The Morgan fingerprint density at radius 1 is 1.09 bits per heavy atom. The Balaban J connectivity index is 2.49. The van der Waals surface area contributed by atoms with Crippen LogP contribution in [0.4, 0.5) is 5.69 Å². The normalized spacial score (nSPS) is 14.7. The van der Waals surface area contributed by atoms with E-state index in [4.69, 9.17) is 4.18 Å². The van der Waals surface area contributed by atoms with Gasteiger partial charge in [0.2, 0.25) is 0 Å². The summed E-state index contributed by atoms with van der Waals surface area (Å²) in [6, 6.07) is 11.0. The third-order valence-electron chi connectivity index (χ3n) is 3.56. The molecule has 4 nitrogen and oxygen atoms in total. The summed E-state index contributed by atoms with van der Waals surface area (Å²) in [6.45, 7) is 3.83. The van der Waals surface area contributed by atoms with Crippen LogP contribution < -0.4 is 4.90 Å². The highest BCUT2D eigenvalue weighted by Crippen LogP contribution is 2.31. The van der Waals surface area contributed by atoms with E-state index in [1.807, 2.05) is 50.2 Å². The first-order chi connectivity index (χ1) is 10.7. The maximum Gasteiger partial charge on any atom is 0.297 e. The van der Waals surface area contributed by atoms with Crippen LogP contribution in [-0.2, 0) is 14.3 Å². The van der Waals surface area contributed by atoms with E-state index in [9.17, 15) is 8.42 Å². The van der Waals surface area contributed by atoms with Crippen molar-refractivity contribution in [2.24, 2.45) is 0 Å². The van der Waals surface area contributed by atoms with Gasteiger partial charge in [-0.15, -0.1) is 0 Å². The molecule has 6 heteroatoms. The van der Waals surface area contributed by atoms with E-state index in [1.165, 1.54) is 0 Å². The topological polar surface area (TPSA) is 46.6 Å². The summed E-state index contributed by atoms with van der Waals surface area (Å²) >= 11 is 2.27. The van der Waals surface area contributed by atoms with Gasteiger partial charge < -0.3 is 4.90 Å². The molecule has 126 valence electrons. The third kappa shape index (κ3) is 4.36. The lowest BCUT2D eigenvalue weighted by atomic mass is 10.1. The van der Waals surface area contributed by atoms with Gasteiger partial charge in [0.15, 0.2) is 0 Å². The van der Waals surface area contributed by atoms with Gasteiger partial charge in [-0.3, -0.25) is 4.18 Å². The molecule has 0 bridgehead atoms. The molecule has 0 saturated carbocycles. The molecule has 0 fully saturated rings. The highest BCUT2D eigenvalue weighted by molar-refractivity contribution is 14.1. The fourth-order valence-corrected chi connectivity index (χ4v) is 4.66. The highest BCUT2D eigenvalue weighted by atomic mass is 127. The number of alkyl halides is 1. The summed E-state index contributed by atoms with van der Waals surface area (Å²) in [5.74, 6) is 0. The summed E-state index contributed by atoms with van der Waals surface area (Å²) < 4.78 is 31.1. The number of rotatable bonds is 6. The summed E-state index contributed by atoms with van der Waals surface area (Å²) in [4.78, 5) is 2.20. The van der Waals surface area contributed by atoms with Gasteiger partial charge in [-0.1, -0.05) is 53.8 Å². The van der Waals surface area contributed by atoms with Crippen molar-refractivity contribution in [1.29, 1.82) is 0 Å². The fraction of sp³-hybridized carbons (Fsp3) is 0.412. The predicted octanol–water partition coefficient (Wildman–Crippen LogP) is 4.21. The van der Waals surface area contributed by atoms with Crippen LogP contribution in [0.2, 0.25) is 0 Å². The van der Waals surface area contributed by atoms with Gasteiger partial charge in [-0.25, -0.2) is 0 Å². The van der Waals surface area contributed by atoms with Crippen LogP contribution in [0.1, 0.15) is 20.3 Å². The average molecular weight is 447 g/mol. The predicted molar refractivity (Wildman–Crippen MR) is 104 cm³/mol. The zero-order valence-corrected chi connectivity index (χ0v) is 16.8.